The molecule has 206 valence electrons. The zero-order valence-electron chi connectivity index (χ0n) is 21.7. The molecule has 0 radical (unpaired) electrons. The van der Waals surface area contributed by atoms with Crippen LogP contribution in [0.4, 0.5) is 4.79 Å². The Morgan fingerprint density at radius 3 is 2.50 bits per heavy atom. The van der Waals surface area contributed by atoms with Crippen LogP contribution in [0.1, 0.15) is 60.3 Å². The summed E-state index contributed by atoms with van der Waals surface area (Å²) in [7, 11) is 0. The normalized spacial score (nSPS) is 39.2. The Kier molecular flexibility index (Phi) is 8.56. The van der Waals surface area contributed by atoms with Gasteiger partial charge in [0.05, 0.1) is 29.9 Å². The third-order valence-electron chi connectivity index (χ3n) is 8.76. The first-order valence-corrected chi connectivity index (χ1v) is 13.5. The van der Waals surface area contributed by atoms with Gasteiger partial charge in [0.25, 0.3) is 0 Å². The number of aliphatic carboxylic acids is 1. The van der Waals surface area contributed by atoms with Crippen molar-refractivity contribution >= 4 is 29.7 Å². The molecule has 0 aromatic carbocycles. The van der Waals surface area contributed by atoms with Crippen LogP contribution in [0.15, 0.2) is 0 Å². The van der Waals surface area contributed by atoms with E-state index in [9.17, 15) is 24.6 Å². The fraction of sp³-hybridized carbons (Fsp3) is 0.875. The fourth-order valence-electron chi connectivity index (χ4n) is 5.66. The van der Waals surface area contributed by atoms with E-state index in [2.05, 4.69) is 10.6 Å². The summed E-state index contributed by atoms with van der Waals surface area (Å²) in [6.07, 6.45) is 2.29. The quantitative estimate of drug-likeness (QED) is 0.113. The summed E-state index contributed by atoms with van der Waals surface area (Å²) >= 11 is 1.81. The molecular weight excluding hydrogens is 492 g/mol. The molecule has 0 spiro atoms. The first kappa shape index (κ1) is 29.0. The van der Waals surface area contributed by atoms with Crippen molar-refractivity contribution in [1.29, 1.82) is 0 Å². The largest absolute Gasteiger partial charge is 0.479 e. The van der Waals surface area contributed by atoms with Crippen molar-refractivity contribution in [2.45, 2.75) is 94.4 Å². The van der Waals surface area contributed by atoms with Crippen molar-refractivity contribution in [2.24, 2.45) is 11.3 Å². The summed E-state index contributed by atoms with van der Waals surface area (Å²) in [5, 5.41) is 37.0. The molecule has 3 saturated heterocycles. The van der Waals surface area contributed by atoms with Crippen LogP contribution in [-0.4, -0.2) is 93.2 Å². The lowest BCUT2D eigenvalue weighted by atomic mass is 9.55. The molecule has 12 heteroatoms. The van der Waals surface area contributed by atoms with Gasteiger partial charge in [-0.1, -0.05) is 27.2 Å². The minimum Gasteiger partial charge on any atom is -0.479 e. The molecule has 0 aromatic heterocycles. The minimum atomic E-state index is -2.05. The number of nitrogens with one attached hydrogen (secondary N) is 2. The molecule has 3 heterocycles. The molecule has 2 amide bonds. The van der Waals surface area contributed by atoms with E-state index in [1.54, 1.807) is 34.6 Å². The number of carbonyl (C=O) groups is 3. The van der Waals surface area contributed by atoms with E-state index in [-0.39, 0.29) is 31.1 Å². The lowest BCUT2D eigenvalue weighted by Crippen LogP contribution is -2.76. The van der Waals surface area contributed by atoms with Gasteiger partial charge in [0, 0.05) is 28.8 Å². The van der Waals surface area contributed by atoms with Crippen LogP contribution in [0, 0.1) is 11.3 Å². The van der Waals surface area contributed by atoms with Crippen LogP contribution in [0.5, 0.6) is 0 Å². The highest BCUT2D eigenvalue weighted by Crippen LogP contribution is 2.56. The molecular formula is C24H40N2O9S. The van der Waals surface area contributed by atoms with Crippen LogP contribution in [0.2, 0.25) is 0 Å². The van der Waals surface area contributed by atoms with E-state index in [1.807, 2.05) is 11.8 Å². The number of amides is 2. The number of aliphatic hydroxyl groups is 2. The number of carboxylic acid groups (broad SMARTS) is 1. The van der Waals surface area contributed by atoms with E-state index in [0.717, 1.165) is 18.6 Å². The topological polar surface area (TPSA) is 164 Å². The van der Waals surface area contributed by atoms with Gasteiger partial charge in [-0.25, -0.2) is 9.59 Å². The predicted octanol–water partition coefficient (Wildman–Crippen LogP) is 1.25. The highest BCUT2D eigenvalue weighted by molar-refractivity contribution is 8.00. The number of unbranched alkanes of at least 4 members (excludes halogenated alkanes) is 1. The number of ether oxygens (including phenoxy) is 3. The van der Waals surface area contributed by atoms with Crippen LogP contribution in [-0.2, 0) is 23.8 Å². The molecule has 0 saturated carbocycles. The zero-order chi connectivity index (χ0) is 26.9. The van der Waals surface area contributed by atoms with Gasteiger partial charge >= 0.3 is 18.0 Å². The van der Waals surface area contributed by atoms with Gasteiger partial charge in [0.15, 0.2) is 0 Å². The maximum atomic E-state index is 12.6. The van der Waals surface area contributed by atoms with Gasteiger partial charge in [0.1, 0.15) is 13.4 Å². The summed E-state index contributed by atoms with van der Waals surface area (Å²) in [5.74, 6) is -1.60. The van der Waals surface area contributed by atoms with Gasteiger partial charge < -0.3 is 40.2 Å². The standard InChI is InChI=1S/C24H40N2O9S/c1-14-22(4,11-33-13-27)35-24(19(29)30,21(2,3)23(14,5)32)12-34-17(28)9-7-6-8-16-18-15(10-36-16)25-20(31)26-18/h14-16,18,27,32H,6-13H2,1-5H3,(H,29,30)(H2,25,26,31)/t14-,15+,16?,18+,22?,23?,24?/m1/s1. The molecule has 11 nitrogen and oxygen atoms in total. The maximum absolute atomic E-state index is 12.6. The molecule has 4 unspecified atom stereocenters. The zero-order valence-corrected chi connectivity index (χ0v) is 22.5. The van der Waals surface area contributed by atoms with E-state index < -0.39 is 53.5 Å². The number of carboxylic acids is 1. The second kappa shape index (κ2) is 10.6. The summed E-state index contributed by atoms with van der Waals surface area (Å²) < 4.78 is 16.7. The number of esters is 1. The van der Waals surface area contributed by atoms with Crippen LogP contribution >= 0.6 is 11.8 Å². The predicted molar refractivity (Wildman–Crippen MR) is 131 cm³/mol. The van der Waals surface area contributed by atoms with Gasteiger partial charge in [-0.2, -0.15) is 11.8 Å². The molecule has 5 N–H and O–H groups in total. The van der Waals surface area contributed by atoms with E-state index >= 15 is 0 Å². The van der Waals surface area contributed by atoms with Crippen LogP contribution in [0.25, 0.3) is 0 Å². The minimum absolute atomic E-state index is 0.106. The lowest BCUT2D eigenvalue weighted by Gasteiger charge is -2.62. The average Bonchev–Trinajstić information content (AvgIpc) is 3.35. The first-order chi connectivity index (χ1) is 16.7. The number of hydrogen-bond acceptors (Lipinski definition) is 9. The Bertz CT molecular complexity index is 853. The van der Waals surface area contributed by atoms with Gasteiger partial charge in [0.2, 0.25) is 5.60 Å². The molecule has 0 bridgehead atoms. The SMILES string of the molecule is C[C@@H]1C(C)(COCO)OC(COC(=O)CCCCC2SC[C@@H]3NC(=O)N[C@H]23)(C(=O)O)C(C)(C)C1(C)O. The molecule has 3 rings (SSSR count). The number of fused-ring (bicyclic) bond motifs is 1. The second-order valence-electron chi connectivity index (χ2n) is 11.0. The molecule has 7 atom stereocenters. The van der Waals surface area contributed by atoms with Gasteiger partial charge in [-0.05, 0) is 26.7 Å². The van der Waals surface area contributed by atoms with Crippen molar-refractivity contribution in [1.82, 2.24) is 10.6 Å². The van der Waals surface area contributed by atoms with Crippen molar-refractivity contribution in [3.63, 3.8) is 0 Å². The molecule has 3 aliphatic heterocycles. The third kappa shape index (κ3) is 5.07. The van der Waals surface area contributed by atoms with Crippen molar-refractivity contribution in [2.75, 3.05) is 25.8 Å². The maximum Gasteiger partial charge on any atom is 0.340 e. The molecule has 3 aliphatic rings. The summed E-state index contributed by atoms with van der Waals surface area (Å²) in [5.41, 5.74) is -6.20. The smallest absolute Gasteiger partial charge is 0.340 e. The number of thioether (sulfide) groups is 1. The van der Waals surface area contributed by atoms with Crippen molar-refractivity contribution in [3.05, 3.63) is 0 Å². The molecule has 0 aromatic rings. The number of urea groups is 1. The van der Waals surface area contributed by atoms with Crippen LogP contribution in [0.3, 0.4) is 0 Å². The van der Waals surface area contributed by atoms with E-state index in [4.69, 9.17) is 19.3 Å². The monoisotopic (exact) mass is 532 g/mol. The van der Waals surface area contributed by atoms with Gasteiger partial charge in [-0.15, -0.1) is 0 Å². The van der Waals surface area contributed by atoms with Crippen molar-refractivity contribution in [3.8, 4) is 0 Å². The summed E-state index contributed by atoms with van der Waals surface area (Å²) in [6, 6.07) is 0.123. The highest BCUT2D eigenvalue weighted by atomic mass is 32.2. The van der Waals surface area contributed by atoms with E-state index in [1.165, 1.54) is 0 Å². The Labute approximate surface area is 216 Å². The molecule has 3 fully saturated rings. The molecule has 36 heavy (non-hydrogen) atoms. The van der Waals surface area contributed by atoms with Gasteiger partial charge in [-0.3, -0.25) is 4.79 Å². The lowest BCUT2D eigenvalue weighted by molar-refractivity contribution is -0.340. The van der Waals surface area contributed by atoms with Crippen LogP contribution < -0.4 is 10.6 Å². The number of rotatable bonds is 11. The second-order valence-corrected chi connectivity index (χ2v) is 12.3. The number of aliphatic hydroxyl groups excluding tert-OH is 1. The highest BCUT2D eigenvalue weighted by Gasteiger charge is 2.71. The Balaban J connectivity index is 1.60. The Morgan fingerprint density at radius 1 is 1.17 bits per heavy atom. The Morgan fingerprint density at radius 2 is 1.86 bits per heavy atom. The molecule has 0 aliphatic carbocycles. The number of carbonyl (C=O) groups excluding carboxylic acids is 2. The Hall–Kier alpha value is -1.60. The average molecular weight is 533 g/mol. The first-order valence-electron chi connectivity index (χ1n) is 12.4. The van der Waals surface area contributed by atoms with Crippen molar-refractivity contribution < 1.29 is 43.9 Å². The summed E-state index contributed by atoms with van der Waals surface area (Å²) in [4.78, 5) is 36.7. The third-order valence-corrected chi connectivity index (χ3v) is 10.3. The number of hydrogen-bond donors (Lipinski definition) is 5. The summed E-state index contributed by atoms with van der Waals surface area (Å²) in [6.45, 7) is 6.74. The fourth-order valence-corrected chi connectivity index (χ4v) is 7.20. The van der Waals surface area contributed by atoms with E-state index in [0.29, 0.717) is 11.7 Å².